The number of methoxy groups -OCH3 is 1. The zero-order valence-corrected chi connectivity index (χ0v) is 26.3. The van der Waals surface area contributed by atoms with Crippen LogP contribution in [0.5, 0.6) is 11.6 Å². The Balaban J connectivity index is 1.49. The molecule has 1 N–H and O–H groups in total. The van der Waals surface area contributed by atoms with Gasteiger partial charge in [0.05, 0.1) is 19.9 Å². The Hall–Kier alpha value is -3.23. The molecule has 0 bridgehead atoms. The van der Waals surface area contributed by atoms with Gasteiger partial charge >= 0.3 is 0 Å². The third-order valence-corrected chi connectivity index (χ3v) is 8.27. The maximum atomic E-state index is 14.0. The van der Waals surface area contributed by atoms with Crippen LogP contribution in [0.25, 0.3) is 16.8 Å². The average molecular weight is 595 g/mol. The molecule has 2 aromatic carbocycles. The van der Waals surface area contributed by atoms with Crippen molar-refractivity contribution in [3.05, 3.63) is 70.2 Å². The van der Waals surface area contributed by atoms with Crippen LogP contribution in [0.4, 0.5) is 0 Å². The molecule has 4 rings (SSSR count). The summed E-state index contributed by atoms with van der Waals surface area (Å²) in [4.78, 5) is 26.0. The topological polar surface area (TPSA) is 76.1 Å². The molecule has 0 spiro atoms. The highest BCUT2D eigenvalue weighted by Gasteiger charge is 2.41. The van der Waals surface area contributed by atoms with E-state index >= 15 is 0 Å². The lowest BCUT2D eigenvalue weighted by Crippen LogP contribution is -2.55. The minimum Gasteiger partial charge on any atom is -0.494 e. The molecule has 1 aromatic heterocycles. The number of amidine groups is 1. The fraction of sp³-hybridized carbons (Fsp3) is 0.406. The van der Waals surface area contributed by atoms with Gasteiger partial charge in [0.25, 0.3) is 0 Å². The van der Waals surface area contributed by atoms with E-state index in [0.29, 0.717) is 34.8 Å². The second kappa shape index (κ2) is 13.2. The number of fused-ring (bicyclic) bond motifs is 1. The quantitative estimate of drug-likeness (QED) is 0.233. The van der Waals surface area contributed by atoms with E-state index in [2.05, 4.69) is 61.2 Å². The Morgan fingerprint density at radius 3 is 2.61 bits per heavy atom. The van der Waals surface area contributed by atoms with Gasteiger partial charge in [0.1, 0.15) is 17.9 Å². The van der Waals surface area contributed by atoms with Gasteiger partial charge in [-0.25, -0.2) is 4.98 Å². The molecule has 2 heterocycles. The summed E-state index contributed by atoms with van der Waals surface area (Å²) in [6, 6.07) is 15.2. The summed E-state index contributed by atoms with van der Waals surface area (Å²) < 4.78 is 11.9. The number of aromatic nitrogens is 1. The van der Waals surface area contributed by atoms with Gasteiger partial charge in [-0.3, -0.25) is 9.79 Å². The first-order chi connectivity index (χ1) is 19.5. The van der Waals surface area contributed by atoms with Crippen LogP contribution in [0.3, 0.4) is 0 Å². The lowest BCUT2D eigenvalue weighted by atomic mass is 9.86. The van der Waals surface area contributed by atoms with Crippen molar-refractivity contribution in [2.45, 2.75) is 59.2 Å². The number of ether oxygens (including phenoxy) is 2. The molecule has 1 unspecified atom stereocenters. The highest BCUT2D eigenvalue weighted by Crippen LogP contribution is 2.35. The van der Waals surface area contributed by atoms with Crippen LogP contribution in [0.1, 0.15) is 46.6 Å². The largest absolute Gasteiger partial charge is 0.494 e. The lowest BCUT2D eigenvalue weighted by molar-refractivity contribution is -0.136. The number of thioether (sulfide) groups is 1. The number of likely N-dealkylation sites (tertiary alicyclic amines) is 1. The van der Waals surface area contributed by atoms with Crippen LogP contribution in [0.2, 0.25) is 5.02 Å². The van der Waals surface area contributed by atoms with E-state index in [1.807, 2.05) is 48.2 Å². The van der Waals surface area contributed by atoms with Gasteiger partial charge < -0.3 is 19.7 Å². The van der Waals surface area contributed by atoms with Crippen LogP contribution >= 0.6 is 23.4 Å². The summed E-state index contributed by atoms with van der Waals surface area (Å²) in [6.07, 6.45) is 4.26. The minimum absolute atomic E-state index is 0.00151. The molecule has 1 aliphatic heterocycles. The summed E-state index contributed by atoms with van der Waals surface area (Å²) in [5.74, 6) is 1.16. The number of allylic oxidation sites excluding steroid dienone is 1. The molecule has 0 radical (unpaired) electrons. The van der Waals surface area contributed by atoms with Gasteiger partial charge in [-0.15, -0.1) is 0 Å². The van der Waals surface area contributed by atoms with E-state index in [1.165, 1.54) is 11.8 Å². The first kappa shape index (κ1) is 30.7. The molecule has 7 nitrogen and oxygen atoms in total. The number of nitrogens with one attached hydrogen (secondary N) is 1. The third kappa shape index (κ3) is 7.54. The molecule has 0 saturated carbocycles. The van der Waals surface area contributed by atoms with E-state index in [-0.39, 0.29) is 23.5 Å². The number of halogens is 1. The molecule has 1 amide bonds. The van der Waals surface area contributed by atoms with Gasteiger partial charge in [-0.1, -0.05) is 74.5 Å². The Morgan fingerprint density at radius 2 is 1.95 bits per heavy atom. The fourth-order valence-corrected chi connectivity index (χ4v) is 5.94. The van der Waals surface area contributed by atoms with Crippen molar-refractivity contribution in [2.75, 3.05) is 20.7 Å². The Labute approximate surface area is 252 Å². The third-order valence-electron chi connectivity index (χ3n) is 7.11. The number of hydrogen-bond donors (Lipinski definition) is 1. The lowest BCUT2D eigenvalue weighted by Gasteiger charge is -2.35. The molecule has 41 heavy (non-hydrogen) atoms. The molecule has 1 saturated heterocycles. The second-order valence-corrected chi connectivity index (χ2v) is 13.0. The van der Waals surface area contributed by atoms with E-state index in [0.717, 1.165) is 21.2 Å². The van der Waals surface area contributed by atoms with E-state index in [4.69, 9.17) is 21.1 Å². The molecule has 9 heteroatoms. The summed E-state index contributed by atoms with van der Waals surface area (Å²) in [5.41, 5.74) is 0.767. The number of nitrogens with zero attached hydrogens (tertiary/aromatic N) is 3. The maximum Gasteiger partial charge on any atom is 0.246 e. The van der Waals surface area contributed by atoms with E-state index < -0.39 is 6.04 Å². The van der Waals surface area contributed by atoms with Crippen LogP contribution in [-0.4, -0.2) is 59.8 Å². The van der Waals surface area contributed by atoms with Crippen LogP contribution in [0.15, 0.2) is 64.6 Å². The number of hydrogen-bond acceptors (Lipinski definition) is 6. The Kier molecular flexibility index (Phi) is 9.87. The fourth-order valence-electron chi connectivity index (χ4n) is 5.00. The number of rotatable bonds is 7. The molecule has 1 fully saturated rings. The van der Waals surface area contributed by atoms with Gasteiger partial charge in [-0.05, 0) is 54.0 Å². The zero-order chi connectivity index (χ0) is 29.7. The minimum atomic E-state index is -0.474. The summed E-state index contributed by atoms with van der Waals surface area (Å²) >= 11 is 7.82. The molecule has 0 aliphatic carbocycles. The highest BCUT2D eigenvalue weighted by atomic mass is 35.5. The number of pyridine rings is 1. The maximum absolute atomic E-state index is 14.0. The van der Waals surface area contributed by atoms with Gasteiger partial charge in [-0.2, -0.15) is 0 Å². The Bertz CT molecular complexity index is 1440. The Morgan fingerprint density at radius 1 is 1.22 bits per heavy atom. The average Bonchev–Trinajstić information content (AvgIpc) is 3.30. The van der Waals surface area contributed by atoms with Crippen molar-refractivity contribution < 1.29 is 14.3 Å². The molecule has 218 valence electrons. The molecular weight excluding hydrogens is 556 g/mol. The number of aliphatic imine (C=N–C) groups is 1. The van der Waals surface area contributed by atoms with E-state index in [9.17, 15) is 4.79 Å². The second-order valence-electron chi connectivity index (χ2n) is 11.4. The number of benzene rings is 2. The van der Waals surface area contributed by atoms with Crippen LogP contribution in [-0.2, 0) is 4.79 Å². The van der Waals surface area contributed by atoms with Crippen molar-refractivity contribution >= 4 is 51.3 Å². The van der Waals surface area contributed by atoms with Crippen molar-refractivity contribution in [3.63, 3.8) is 0 Å². The molecule has 3 aromatic rings. The van der Waals surface area contributed by atoms with Crippen molar-refractivity contribution in [1.82, 2.24) is 15.2 Å². The van der Waals surface area contributed by atoms with Gasteiger partial charge in [0, 0.05) is 35.3 Å². The van der Waals surface area contributed by atoms with Crippen LogP contribution < -0.4 is 14.8 Å². The van der Waals surface area contributed by atoms with Crippen molar-refractivity contribution in [1.29, 1.82) is 0 Å². The standard InChI is InChI=1S/C32H39ClN4O3S/c1-20-15-24(40-29-26-17-23(33)13-14-25(26)27(39-7)18-35-29)19-37(20)30(38)28(32(3,4)5)36-31(34-6)41-21(2)16-22-11-9-8-10-12-22/h8-14,16-18,20,24,28H,15,19H2,1-7H3,(H,34,36)/b21-16+/t20?,24-,28-/m1/s1. The zero-order valence-electron chi connectivity index (χ0n) is 24.8. The molecule has 3 atom stereocenters. The number of carbonyl (C=O) groups is 1. The monoisotopic (exact) mass is 594 g/mol. The summed E-state index contributed by atoms with van der Waals surface area (Å²) in [7, 11) is 3.36. The van der Waals surface area contributed by atoms with Crippen molar-refractivity contribution in [2.24, 2.45) is 10.4 Å². The number of carbonyl (C=O) groups excluding carboxylic acids is 1. The smallest absolute Gasteiger partial charge is 0.246 e. The van der Waals surface area contributed by atoms with Gasteiger partial charge in [0.15, 0.2) is 5.17 Å². The first-order valence-electron chi connectivity index (χ1n) is 13.7. The van der Waals surface area contributed by atoms with Crippen molar-refractivity contribution in [3.8, 4) is 11.6 Å². The van der Waals surface area contributed by atoms with Crippen LogP contribution in [0, 0.1) is 5.41 Å². The highest BCUT2D eigenvalue weighted by molar-refractivity contribution is 8.17. The number of amides is 1. The molecular formula is C32H39ClN4O3S. The molecule has 1 aliphatic rings. The summed E-state index contributed by atoms with van der Waals surface area (Å²) in [6.45, 7) is 10.8. The summed E-state index contributed by atoms with van der Waals surface area (Å²) in [5, 5.41) is 6.41. The predicted octanol–water partition coefficient (Wildman–Crippen LogP) is 7.05. The first-order valence-corrected chi connectivity index (χ1v) is 14.9. The normalized spacial score (nSPS) is 18.9. The van der Waals surface area contributed by atoms with Gasteiger partial charge in [0.2, 0.25) is 11.8 Å². The predicted molar refractivity (Wildman–Crippen MR) is 171 cm³/mol. The SMILES string of the molecule is CN=C(N[C@H](C(=O)N1C[C@H](Oc2ncc(OC)c3ccc(Cl)cc23)CC1C)C(C)(C)C)S/C(C)=C/c1ccccc1. The van der Waals surface area contributed by atoms with E-state index in [1.54, 1.807) is 20.4 Å².